The summed E-state index contributed by atoms with van der Waals surface area (Å²) in [6.45, 7) is 2.02. The third-order valence-corrected chi connectivity index (χ3v) is 6.82. The number of rotatable bonds is 2. The maximum atomic E-state index is 13.4. The van der Waals surface area contributed by atoms with Crippen LogP contribution in [0.4, 0.5) is 0 Å². The zero-order chi connectivity index (χ0) is 20.4. The Kier molecular flexibility index (Phi) is 3.60. The van der Waals surface area contributed by atoms with Gasteiger partial charge in [-0.25, -0.2) is 0 Å². The smallest absolute Gasteiger partial charge is 0.254 e. The number of carbonyl (C=O) groups excluding carboxylic acids is 2. The molecule has 1 aliphatic heterocycles. The van der Waals surface area contributed by atoms with Crippen LogP contribution in [0, 0.1) is 18.8 Å². The van der Waals surface area contributed by atoms with Crippen LogP contribution in [0.1, 0.15) is 45.2 Å². The summed E-state index contributed by atoms with van der Waals surface area (Å²) >= 11 is 0. The molecule has 1 fully saturated rings. The molecule has 3 aromatic rings. The first-order chi connectivity index (χ1) is 14.6. The first kappa shape index (κ1) is 17.3. The van der Waals surface area contributed by atoms with Crippen LogP contribution in [0.5, 0.6) is 0 Å². The van der Waals surface area contributed by atoms with Gasteiger partial charge in [0.1, 0.15) is 0 Å². The van der Waals surface area contributed by atoms with Crippen LogP contribution in [0.2, 0.25) is 0 Å². The van der Waals surface area contributed by atoms with E-state index in [1.165, 1.54) is 22.3 Å². The first-order valence-corrected chi connectivity index (χ1v) is 10.3. The van der Waals surface area contributed by atoms with E-state index >= 15 is 0 Å². The second kappa shape index (κ2) is 6.23. The minimum absolute atomic E-state index is 0.0941. The number of carbonyl (C=O) groups is 2. The lowest BCUT2D eigenvalue weighted by Gasteiger charge is -2.45. The lowest BCUT2D eigenvalue weighted by atomic mass is 9.55. The fraction of sp³-hybridized carbons (Fsp3) is 0.192. The molecule has 146 valence electrons. The third-order valence-electron chi connectivity index (χ3n) is 6.82. The SMILES string of the molecule is Cc1ccc(/C=N\N2C(=O)[C@@H]3C4c5ccccc5C(c5ccccc54)[C@H]3C2=O)cc1. The maximum absolute atomic E-state index is 13.4. The van der Waals surface area contributed by atoms with E-state index in [0.29, 0.717) is 0 Å². The molecule has 30 heavy (non-hydrogen) atoms. The van der Waals surface area contributed by atoms with Gasteiger partial charge >= 0.3 is 0 Å². The van der Waals surface area contributed by atoms with Crippen LogP contribution in [0.25, 0.3) is 0 Å². The van der Waals surface area contributed by atoms with Crippen molar-refractivity contribution in [3.8, 4) is 0 Å². The lowest BCUT2D eigenvalue weighted by Crippen LogP contribution is -2.41. The highest BCUT2D eigenvalue weighted by atomic mass is 16.2. The van der Waals surface area contributed by atoms with Gasteiger partial charge in [-0.1, -0.05) is 78.4 Å². The van der Waals surface area contributed by atoms with Gasteiger partial charge in [-0.3, -0.25) is 9.59 Å². The quantitative estimate of drug-likeness (QED) is 0.484. The largest absolute Gasteiger partial charge is 0.272 e. The minimum atomic E-state index is -0.387. The van der Waals surface area contributed by atoms with Crippen LogP contribution in [0.15, 0.2) is 77.9 Å². The predicted octanol–water partition coefficient (Wildman–Crippen LogP) is 4.22. The molecule has 3 aromatic carbocycles. The van der Waals surface area contributed by atoms with Crippen molar-refractivity contribution in [3.05, 3.63) is 106 Å². The zero-order valence-electron chi connectivity index (χ0n) is 16.5. The van der Waals surface area contributed by atoms with Gasteiger partial charge in [0.05, 0.1) is 18.1 Å². The van der Waals surface area contributed by atoms with Crippen molar-refractivity contribution in [3.63, 3.8) is 0 Å². The van der Waals surface area contributed by atoms with E-state index in [-0.39, 0.29) is 35.5 Å². The highest BCUT2D eigenvalue weighted by molar-refractivity contribution is 6.08. The van der Waals surface area contributed by atoms with E-state index in [4.69, 9.17) is 0 Å². The molecule has 0 spiro atoms. The summed E-state index contributed by atoms with van der Waals surface area (Å²) in [5.74, 6) is -1.34. The number of nitrogens with zero attached hydrogens (tertiary/aromatic N) is 2. The van der Waals surface area contributed by atoms with Crippen LogP contribution >= 0.6 is 0 Å². The number of hydrogen-bond acceptors (Lipinski definition) is 3. The van der Waals surface area contributed by atoms with Gasteiger partial charge in [-0.2, -0.15) is 10.1 Å². The molecule has 0 saturated carbocycles. The molecule has 4 aliphatic rings. The van der Waals surface area contributed by atoms with E-state index in [1.807, 2.05) is 55.5 Å². The number of aryl methyl sites for hydroxylation is 1. The minimum Gasteiger partial charge on any atom is -0.272 e. The number of hydrogen-bond donors (Lipinski definition) is 0. The zero-order valence-corrected chi connectivity index (χ0v) is 16.5. The van der Waals surface area contributed by atoms with Crippen LogP contribution in [0.3, 0.4) is 0 Å². The van der Waals surface area contributed by atoms with Gasteiger partial charge in [-0.05, 0) is 34.7 Å². The average molecular weight is 392 g/mol. The molecular formula is C26H20N2O2. The van der Waals surface area contributed by atoms with Crippen LogP contribution in [-0.2, 0) is 9.59 Å². The highest BCUT2D eigenvalue weighted by Gasteiger charge is 2.61. The summed E-state index contributed by atoms with van der Waals surface area (Å²) in [6, 6.07) is 24.4. The molecule has 2 amide bonds. The first-order valence-electron chi connectivity index (χ1n) is 10.3. The molecular weight excluding hydrogens is 372 g/mol. The molecule has 1 heterocycles. The van der Waals surface area contributed by atoms with E-state index < -0.39 is 0 Å². The van der Waals surface area contributed by atoms with Gasteiger partial charge in [0, 0.05) is 11.8 Å². The molecule has 0 N–H and O–H groups in total. The van der Waals surface area contributed by atoms with Crippen molar-refractivity contribution in [1.29, 1.82) is 0 Å². The van der Waals surface area contributed by atoms with Crippen molar-refractivity contribution in [2.24, 2.45) is 16.9 Å². The van der Waals surface area contributed by atoms with E-state index in [1.54, 1.807) is 6.21 Å². The van der Waals surface area contributed by atoms with Crippen molar-refractivity contribution in [2.45, 2.75) is 18.8 Å². The molecule has 0 aromatic heterocycles. The molecule has 4 nitrogen and oxygen atoms in total. The summed E-state index contributed by atoms with van der Waals surface area (Å²) < 4.78 is 0. The summed E-state index contributed by atoms with van der Waals surface area (Å²) in [5, 5.41) is 5.46. The Hall–Kier alpha value is -3.53. The predicted molar refractivity (Wildman–Crippen MR) is 114 cm³/mol. The molecule has 2 bridgehead atoms. The Labute approximate surface area is 174 Å². The van der Waals surface area contributed by atoms with Gasteiger partial charge in [-0.15, -0.1) is 0 Å². The summed E-state index contributed by atoms with van der Waals surface area (Å²) in [5.41, 5.74) is 6.71. The topological polar surface area (TPSA) is 49.7 Å². The molecule has 0 unspecified atom stereocenters. The Morgan fingerprint density at radius 2 is 1.13 bits per heavy atom. The molecule has 0 radical (unpaired) electrons. The Balaban J connectivity index is 1.45. The number of imide groups is 1. The number of amides is 2. The Morgan fingerprint density at radius 1 is 0.700 bits per heavy atom. The molecule has 2 atom stereocenters. The van der Waals surface area contributed by atoms with Crippen molar-refractivity contribution >= 4 is 18.0 Å². The monoisotopic (exact) mass is 392 g/mol. The normalized spacial score (nSPS) is 26.1. The molecule has 4 heteroatoms. The van der Waals surface area contributed by atoms with E-state index in [2.05, 4.69) is 29.4 Å². The summed E-state index contributed by atoms with van der Waals surface area (Å²) in [7, 11) is 0. The molecule has 3 aliphatic carbocycles. The van der Waals surface area contributed by atoms with Crippen molar-refractivity contribution < 1.29 is 9.59 Å². The van der Waals surface area contributed by atoms with E-state index in [9.17, 15) is 9.59 Å². The highest BCUT2D eigenvalue weighted by Crippen LogP contribution is 2.60. The Morgan fingerprint density at radius 3 is 1.57 bits per heavy atom. The number of hydrazone groups is 1. The van der Waals surface area contributed by atoms with Gasteiger partial charge in [0.15, 0.2) is 0 Å². The van der Waals surface area contributed by atoms with Crippen LogP contribution in [-0.4, -0.2) is 23.0 Å². The van der Waals surface area contributed by atoms with Gasteiger partial charge in [0.2, 0.25) is 0 Å². The van der Waals surface area contributed by atoms with Crippen molar-refractivity contribution in [2.75, 3.05) is 0 Å². The Bertz CT molecular complexity index is 1110. The second-order valence-corrected chi connectivity index (χ2v) is 8.41. The van der Waals surface area contributed by atoms with Crippen molar-refractivity contribution in [1.82, 2.24) is 5.01 Å². The average Bonchev–Trinajstić information content (AvgIpc) is 3.04. The molecule has 7 rings (SSSR count). The number of benzene rings is 3. The summed E-state index contributed by atoms with van der Waals surface area (Å²) in [4.78, 5) is 26.9. The maximum Gasteiger partial charge on any atom is 0.254 e. The molecule has 1 saturated heterocycles. The standard InChI is InChI=1S/C26H20N2O2/c1-15-10-12-16(13-11-15)14-27-28-25(29)23-21-17-6-2-3-7-18(17)22(24(23)26(28)30)20-9-5-4-8-19(20)21/h2-14,21-24H,1H3/b27-14-/t21?,22?,23-,24-/m1/s1. The van der Waals surface area contributed by atoms with E-state index in [0.717, 1.165) is 16.1 Å². The van der Waals surface area contributed by atoms with Crippen LogP contribution < -0.4 is 0 Å². The fourth-order valence-corrected chi connectivity index (χ4v) is 5.55. The van der Waals surface area contributed by atoms with Gasteiger partial charge < -0.3 is 0 Å². The lowest BCUT2D eigenvalue weighted by molar-refractivity contribution is -0.139. The summed E-state index contributed by atoms with van der Waals surface area (Å²) in [6.07, 6.45) is 1.61. The van der Waals surface area contributed by atoms with Gasteiger partial charge in [0.25, 0.3) is 11.8 Å². The third kappa shape index (κ3) is 2.25. The fourth-order valence-electron chi connectivity index (χ4n) is 5.55. The second-order valence-electron chi connectivity index (χ2n) is 8.41.